The van der Waals surface area contributed by atoms with E-state index >= 15 is 0 Å². The van der Waals surface area contributed by atoms with Gasteiger partial charge >= 0.3 is 5.97 Å². The molecule has 0 atom stereocenters. The van der Waals surface area contributed by atoms with Gasteiger partial charge in [0.15, 0.2) is 11.5 Å². The van der Waals surface area contributed by atoms with E-state index in [0.717, 1.165) is 5.56 Å². The summed E-state index contributed by atoms with van der Waals surface area (Å²) in [6.45, 7) is 3.87. The van der Waals surface area contributed by atoms with Crippen LogP contribution < -0.4 is 9.47 Å². The largest absolute Gasteiger partial charge is 0.460 e. The Kier molecular flexibility index (Phi) is 3.50. The van der Waals surface area contributed by atoms with E-state index in [0.29, 0.717) is 23.5 Å². The molecule has 1 aliphatic rings. The number of aryl methyl sites for hydroxylation is 1. The lowest BCUT2D eigenvalue weighted by atomic mass is 10.0. The number of Topliss-reactive ketones (excluding diaryl/α,β-unsaturated/α-hetero) is 1. The Balaban J connectivity index is 2.37. The number of carbonyl (C=O) groups is 2. The number of carbonyl (C=O) groups excluding carboxylic acids is 2. The topological polar surface area (TPSA) is 61.8 Å². The van der Waals surface area contributed by atoms with Gasteiger partial charge in [-0.2, -0.15) is 0 Å². The van der Waals surface area contributed by atoms with Gasteiger partial charge in [-0.1, -0.05) is 6.92 Å². The Bertz CT molecular complexity index is 492. The van der Waals surface area contributed by atoms with E-state index in [1.54, 1.807) is 19.1 Å². The number of rotatable bonds is 4. The minimum atomic E-state index is -0.842. The number of fused-ring (bicyclic) bond motifs is 1. The predicted molar refractivity (Wildman–Crippen MR) is 62.9 cm³/mol. The van der Waals surface area contributed by atoms with Crippen LogP contribution in [-0.2, 0) is 16.0 Å². The van der Waals surface area contributed by atoms with Crippen LogP contribution in [0.3, 0.4) is 0 Å². The first-order chi connectivity index (χ1) is 8.67. The zero-order valence-corrected chi connectivity index (χ0v) is 10.3. The van der Waals surface area contributed by atoms with Crippen LogP contribution in [-0.4, -0.2) is 25.2 Å². The number of hydrogen-bond donors (Lipinski definition) is 0. The second-order valence-corrected chi connectivity index (χ2v) is 3.77. The van der Waals surface area contributed by atoms with Crippen molar-refractivity contribution in [3.05, 3.63) is 23.3 Å². The Labute approximate surface area is 105 Å². The molecule has 5 heteroatoms. The molecule has 18 heavy (non-hydrogen) atoms. The number of esters is 1. The normalized spacial score (nSPS) is 12.3. The molecule has 0 amide bonds. The molecule has 0 unspecified atom stereocenters. The van der Waals surface area contributed by atoms with Crippen LogP contribution in [0.15, 0.2) is 12.1 Å². The standard InChI is InChI=1S/C13H14O5/c1-3-8-5-10-11(18-7-17-10)6-9(8)12(14)13(15)16-4-2/h5-6H,3-4,7H2,1-2H3. The van der Waals surface area contributed by atoms with Crippen LogP contribution in [0.4, 0.5) is 0 Å². The van der Waals surface area contributed by atoms with E-state index in [1.807, 2.05) is 6.92 Å². The van der Waals surface area contributed by atoms with Gasteiger partial charge < -0.3 is 14.2 Å². The van der Waals surface area contributed by atoms with Gasteiger partial charge in [-0.15, -0.1) is 0 Å². The number of ketones is 1. The quantitative estimate of drug-likeness (QED) is 0.462. The third-order valence-corrected chi connectivity index (χ3v) is 2.68. The Hall–Kier alpha value is -2.04. The summed E-state index contributed by atoms with van der Waals surface area (Å²) in [4.78, 5) is 23.4. The van der Waals surface area contributed by atoms with Crippen LogP contribution in [0, 0.1) is 0 Å². The average Bonchev–Trinajstić information content (AvgIpc) is 2.83. The van der Waals surface area contributed by atoms with E-state index in [1.165, 1.54) is 0 Å². The lowest BCUT2D eigenvalue weighted by Crippen LogP contribution is -2.19. The van der Waals surface area contributed by atoms with Crippen molar-refractivity contribution in [3.8, 4) is 11.5 Å². The van der Waals surface area contributed by atoms with E-state index < -0.39 is 11.8 Å². The molecule has 0 radical (unpaired) electrons. The highest BCUT2D eigenvalue weighted by molar-refractivity contribution is 6.41. The predicted octanol–water partition coefficient (Wildman–Crippen LogP) is 1.72. The van der Waals surface area contributed by atoms with Gasteiger partial charge in [0.2, 0.25) is 6.79 Å². The fourth-order valence-electron chi connectivity index (χ4n) is 1.79. The zero-order chi connectivity index (χ0) is 13.1. The van der Waals surface area contributed by atoms with Crippen molar-refractivity contribution in [1.82, 2.24) is 0 Å². The summed E-state index contributed by atoms with van der Waals surface area (Å²) in [5, 5.41) is 0. The molecule has 1 aliphatic heterocycles. The van der Waals surface area contributed by atoms with Crippen LogP contribution >= 0.6 is 0 Å². The molecule has 0 bridgehead atoms. The van der Waals surface area contributed by atoms with Gasteiger partial charge in [0.05, 0.1) is 6.61 Å². The molecule has 1 aromatic carbocycles. The number of benzene rings is 1. The van der Waals surface area contributed by atoms with Crippen molar-refractivity contribution in [1.29, 1.82) is 0 Å². The van der Waals surface area contributed by atoms with Crippen molar-refractivity contribution in [2.24, 2.45) is 0 Å². The third-order valence-electron chi connectivity index (χ3n) is 2.68. The van der Waals surface area contributed by atoms with Gasteiger partial charge in [0.25, 0.3) is 5.78 Å². The monoisotopic (exact) mass is 250 g/mol. The average molecular weight is 250 g/mol. The molecule has 96 valence electrons. The summed E-state index contributed by atoms with van der Waals surface area (Å²) in [5.74, 6) is -0.398. The molecular formula is C13H14O5. The Morgan fingerprint density at radius 1 is 1.22 bits per heavy atom. The maximum absolute atomic E-state index is 11.9. The smallest absolute Gasteiger partial charge is 0.379 e. The highest BCUT2D eigenvalue weighted by atomic mass is 16.7. The molecule has 0 saturated heterocycles. The minimum absolute atomic E-state index is 0.134. The summed E-state index contributed by atoms with van der Waals surface area (Å²) in [7, 11) is 0. The molecule has 0 spiro atoms. The zero-order valence-electron chi connectivity index (χ0n) is 10.3. The number of hydrogen-bond acceptors (Lipinski definition) is 5. The number of ether oxygens (including phenoxy) is 3. The summed E-state index contributed by atoms with van der Waals surface area (Å²) >= 11 is 0. The van der Waals surface area contributed by atoms with E-state index in [-0.39, 0.29) is 13.4 Å². The molecule has 0 N–H and O–H groups in total. The molecule has 1 aromatic rings. The van der Waals surface area contributed by atoms with E-state index in [4.69, 9.17) is 14.2 Å². The van der Waals surface area contributed by atoms with Crippen LogP contribution in [0.2, 0.25) is 0 Å². The SMILES string of the molecule is CCOC(=O)C(=O)c1cc2c(cc1CC)OCO2. The van der Waals surface area contributed by atoms with Crippen molar-refractivity contribution in [3.63, 3.8) is 0 Å². The lowest BCUT2D eigenvalue weighted by molar-refractivity contribution is -0.137. The van der Waals surface area contributed by atoms with Crippen molar-refractivity contribution in [2.75, 3.05) is 13.4 Å². The minimum Gasteiger partial charge on any atom is -0.460 e. The molecule has 0 aliphatic carbocycles. The molecule has 0 fully saturated rings. The third kappa shape index (κ3) is 2.16. The van der Waals surface area contributed by atoms with Crippen molar-refractivity contribution >= 4 is 11.8 Å². The van der Waals surface area contributed by atoms with Crippen LogP contribution in [0.1, 0.15) is 29.8 Å². The highest BCUT2D eigenvalue weighted by Gasteiger charge is 2.24. The van der Waals surface area contributed by atoms with Gasteiger partial charge in [0, 0.05) is 5.56 Å². The van der Waals surface area contributed by atoms with Gasteiger partial charge in [-0.05, 0) is 31.0 Å². The summed E-state index contributed by atoms with van der Waals surface area (Å²) in [5.41, 5.74) is 1.07. The lowest BCUT2D eigenvalue weighted by Gasteiger charge is -2.08. The summed E-state index contributed by atoms with van der Waals surface area (Å²) in [6.07, 6.45) is 0.622. The van der Waals surface area contributed by atoms with Crippen molar-refractivity contribution in [2.45, 2.75) is 20.3 Å². The van der Waals surface area contributed by atoms with Crippen molar-refractivity contribution < 1.29 is 23.8 Å². The van der Waals surface area contributed by atoms with Gasteiger partial charge in [-0.3, -0.25) is 4.79 Å². The van der Waals surface area contributed by atoms with Gasteiger partial charge in [0.1, 0.15) is 0 Å². The molecule has 0 aromatic heterocycles. The van der Waals surface area contributed by atoms with E-state index in [9.17, 15) is 9.59 Å². The first-order valence-electron chi connectivity index (χ1n) is 5.81. The fraction of sp³-hybridized carbons (Fsp3) is 0.385. The second-order valence-electron chi connectivity index (χ2n) is 3.77. The molecule has 5 nitrogen and oxygen atoms in total. The second kappa shape index (κ2) is 5.08. The van der Waals surface area contributed by atoms with Crippen LogP contribution in [0.25, 0.3) is 0 Å². The van der Waals surface area contributed by atoms with E-state index in [2.05, 4.69) is 0 Å². The molecular weight excluding hydrogens is 236 g/mol. The first kappa shape index (κ1) is 12.4. The highest BCUT2D eigenvalue weighted by Crippen LogP contribution is 2.35. The molecule has 1 heterocycles. The fourth-order valence-corrected chi connectivity index (χ4v) is 1.79. The Morgan fingerprint density at radius 3 is 2.50 bits per heavy atom. The maximum Gasteiger partial charge on any atom is 0.379 e. The van der Waals surface area contributed by atoms with Gasteiger partial charge in [-0.25, -0.2) is 4.79 Å². The Morgan fingerprint density at radius 2 is 1.89 bits per heavy atom. The summed E-state index contributed by atoms with van der Waals surface area (Å²) < 4.78 is 15.2. The summed E-state index contributed by atoms with van der Waals surface area (Å²) in [6, 6.07) is 3.27. The first-order valence-corrected chi connectivity index (χ1v) is 5.81. The molecule has 2 rings (SSSR count). The maximum atomic E-state index is 11.9. The molecule has 0 saturated carbocycles. The van der Waals surface area contributed by atoms with Crippen LogP contribution in [0.5, 0.6) is 11.5 Å².